The molecule has 14 heavy (non-hydrogen) atoms. The molecule has 0 spiro atoms. The van der Waals surface area contributed by atoms with E-state index in [1.165, 1.54) is 0 Å². The average molecular weight is 285 g/mol. The van der Waals surface area contributed by atoms with E-state index in [1.807, 2.05) is 27.7 Å². The molecule has 0 saturated carbocycles. The molecule has 0 aliphatic carbocycles. The number of rotatable bonds is 8. The van der Waals surface area contributed by atoms with Crippen molar-refractivity contribution in [3.05, 3.63) is 0 Å². The second-order valence-corrected chi connectivity index (χ2v) is 9.84. The molecule has 0 rings (SSSR count). The van der Waals surface area contributed by atoms with E-state index >= 15 is 0 Å². The van der Waals surface area contributed by atoms with Gasteiger partial charge in [-0.15, -0.1) is 0 Å². The SMILES string of the molecule is CC[O][Zr]([O]CC)([O]CC)[CH](N)CC. The van der Waals surface area contributed by atoms with Gasteiger partial charge < -0.3 is 0 Å². The van der Waals surface area contributed by atoms with E-state index in [-0.39, 0.29) is 3.75 Å². The fourth-order valence-corrected chi connectivity index (χ4v) is 7.69. The molecular formula is C9H23NO3Zr. The third-order valence-electron chi connectivity index (χ3n) is 1.93. The van der Waals surface area contributed by atoms with Crippen LogP contribution in [0.15, 0.2) is 0 Å². The molecule has 0 bridgehead atoms. The minimum atomic E-state index is -3.42. The Morgan fingerprint density at radius 1 is 0.929 bits per heavy atom. The molecule has 86 valence electrons. The Kier molecular flexibility index (Phi) is 8.35. The van der Waals surface area contributed by atoms with Crippen LogP contribution in [0.3, 0.4) is 0 Å². The van der Waals surface area contributed by atoms with Gasteiger partial charge in [0.25, 0.3) is 0 Å². The second kappa shape index (κ2) is 7.94. The van der Waals surface area contributed by atoms with Crippen LogP contribution in [0.1, 0.15) is 34.1 Å². The Hall–Kier alpha value is 0.723. The maximum atomic E-state index is 6.03. The first kappa shape index (κ1) is 14.7. The Balaban J connectivity index is 4.53. The Morgan fingerprint density at radius 3 is 1.50 bits per heavy atom. The van der Waals surface area contributed by atoms with Gasteiger partial charge >= 0.3 is 93.4 Å². The van der Waals surface area contributed by atoms with Gasteiger partial charge in [0.1, 0.15) is 0 Å². The van der Waals surface area contributed by atoms with Gasteiger partial charge in [-0.1, -0.05) is 0 Å². The van der Waals surface area contributed by atoms with Crippen LogP contribution in [0.4, 0.5) is 0 Å². The first-order valence-electron chi connectivity index (χ1n) is 5.34. The summed E-state index contributed by atoms with van der Waals surface area (Å²) in [5, 5.41) is 0. The van der Waals surface area contributed by atoms with E-state index in [2.05, 4.69) is 0 Å². The van der Waals surface area contributed by atoms with Crippen molar-refractivity contribution in [2.45, 2.75) is 37.9 Å². The molecule has 1 atom stereocenters. The fraction of sp³-hybridized carbons (Fsp3) is 1.00. The predicted molar refractivity (Wildman–Crippen MR) is 53.1 cm³/mol. The van der Waals surface area contributed by atoms with Crippen molar-refractivity contribution in [3.8, 4) is 0 Å². The van der Waals surface area contributed by atoms with Gasteiger partial charge in [-0.3, -0.25) is 0 Å². The summed E-state index contributed by atoms with van der Waals surface area (Å²) in [6.07, 6.45) is 0.843. The maximum absolute atomic E-state index is 6.03. The molecule has 0 radical (unpaired) electrons. The van der Waals surface area contributed by atoms with Gasteiger partial charge in [-0.2, -0.15) is 0 Å². The third-order valence-corrected chi connectivity index (χ3v) is 10.3. The molecule has 0 aliphatic rings. The minimum absolute atomic E-state index is 0.0517. The van der Waals surface area contributed by atoms with Gasteiger partial charge in [0.15, 0.2) is 0 Å². The molecule has 5 heteroatoms. The Morgan fingerprint density at radius 2 is 1.29 bits per heavy atom. The van der Waals surface area contributed by atoms with Crippen molar-refractivity contribution in [3.63, 3.8) is 0 Å². The van der Waals surface area contributed by atoms with E-state index in [0.717, 1.165) is 6.42 Å². The molecule has 0 saturated heterocycles. The van der Waals surface area contributed by atoms with Gasteiger partial charge in [-0.05, 0) is 0 Å². The summed E-state index contributed by atoms with van der Waals surface area (Å²) in [4.78, 5) is 0. The molecule has 0 aromatic rings. The van der Waals surface area contributed by atoms with Crippen LogP contribution in [-0.2, 0) is 30.0 Å². The van der Waals surface area contributed by atoms with E-state index in [0.29, 0.717) is 19.8 Å². The van der Waals surface area contributed by atoms with Crippen LogP contribution >= 0.6 is 0 Å². The van der Waals surface area contributed by atoms with Gasteiger partial charge in [-0.25, -0.2) is 0 Å². The van der Waals surface area contributed by atoms with Crippen molar-refractivity contribution < 1.29 is 30.0 Å². The van der Waals surface area contributed by atoms with Gasteiger partial charge in [0.2, 0.25) is 0 Å². The summed E-state index contributed by atoms with van der Waals surface area (Å²) in [7, 11) is 0. The normalized spacial score (nSPS) is 14.4. The first-order valence-corrected chi connectivity index (χ1v) is 9.77. The molecule has 0 aromatic carbocycles. The van der Waals surface area contributed by atoms with E-state index in [9.17, 15) is 0 Å². The van der Waals surface area contributed by atoms with Crippen molar-refractivity contribution >= 4 is 0 Å². The number of nitrogens with two attached hydrogens (primary N) is 1. The molecule has 2 N–H and O–H groups in total. The number of hydrogen-bond acceptors (Lipinski definition) is 4. The summed E-state index contributed by atoms with van der Waals surface area (Å²) in [5.74, 6) is 0. The van der Waals surface area contributed by atoms with Crippen LogP contribution in [0.25, 0.3) is 0 Å². The molecular weight excluding hydrogens is 261 g/mol. The summed E-state index contributed by atoms with van der Waals surface area (Å²) < 4.78 is 17.1. The van der Waals surface area contributed by atoms with Crippen LogP contribution in [0.2, 0.25) is 0 Å². The van der Waals surface area contributed by atoms with Crippen molar-refractivity contribution in [1.82, 2.24) is 0 Å². The summed E-state index contributed by atoms with van der Waals surface area (Å²) in [6.45, 7) is 9.73. The molecule has 0 fully saturated rings. The monoisotopic (exact) mass is 283 g/mol. The van der Waals surface area contributed by atoms with E-state index in [4.69, 9.17) is 14.2 Å². The molecule has 0 amide bonds. The van der Waals surface area contributed by atoms with Crippen molar-refractivity contribution in [2.75, 3.05) is 19.8 Å². The fourth-order valence-electron chi connectivity index (χ4n) is 1.30. The Labute approximate surface area is 93.4 Å². The third kappa shape index (κ3) is 4.07. The van der Waals surface area contributed by atoms with Crippen LogP contribution in [0.5, 0.6) is 0 Å². The average Bonchev–Trinajstić information content (AvgIpc) is 2.17. The standard InChI is InChI=1S/C3H8N.3C2H5O.Zr/c1-2-3-4;3*1-2-3;/h3H,2,4H2,1H3;3*2H2,1H3;/q;3*-1;+3. The van der Waals surface area contributed by atoms with E-state index < -0.39 is 21.6 Å². The van der Waals surface area contributed by atoms with Crippen LogP contribution in [0, 0.1) is 0 Å². The predicted octanol–water partition coefficient (Wildman–Crippen LogP) is 1.69. The van der Waals surface area contributed by atoms with Crippen molar-refractivity contribution in [1.29, 1.82) is 0 Å². The summed E-state index contributed by atoms with van der Waals surface area (Å²) in [6, 6.07) is 0. The first-order chi connectivity index (χ1) is 6.66. The Bertz CT molecular complexity index is 129. The van der Waals surface area contributed by atoms with Crippen LogP contribution < -0.4 is 5.73 Å². The van der Waals surface area contributed by atoms with Crippen LogP contribution in [-0.4, -0.2) is 23.6 Å². The van der Waals surface area contributed by atoms with Crippen molar-refractivity contribution in [2.24, 2.45) is 5.73 Å². The van der Waals surface area contributed by atoms with E-state index in [1.54, 1.807) is 0 Å². The molecule has 4 nitrogen and oxygen atoms in total. The van der Waals surface area contributed by atoms with Gasteiger partial charge in [0.05, 0.1) is 0 Å². The zero-order valence-corrected chi connectivity index (χ0v) is 12.2. The summed E-state index contributed by atoms with van der Waals surface area (Å²) in [5.41, 5.74) is 6.03. The molecule has 0 heterocycles. The quantitative estimate of drug-likeness (QED) is 0.737. The topological polar surface area (TPSA) is 53.7 Å². The molecule has 0 aliphatic heterocycles. The summed E-state index contributed by atoms with van der Waals surface area (Å²) >= 11 is -3.42. The molecule has 1 unspecified atom stereocenters. The second-order valence-electron chi connectivity index (χ2n) is 2.92. The van der Waals surface area contributed by atoms with Gasteiger partial charge in [0, 0.05) is 0 Å². The molecule has 0 aromatic heterocycles. The zero-order chi connectivity index (χ0) is 11.0. The number of hydrogen-bond donors (Lipinski definition) is 1. The zero-order valence-electron chi connectivity index (χ0n) is 9.71.